The van der Waals surface area contributed by atoms with Crippen LogP contribution in [0.15, 0.2) is 0 Å². The van der Waals surface area contributed by atoms with Crippen LogP contribution < -0.4 is 5.32 Å². The van der Waals surface area contributed by atoms with Gasteiger partial charge >= 0.3 is 18.0 Å². The van der Waals surface area contributed by atoms with E-state index in [1.54, 1.807) is 20.8 Å². The summed E-state index contributed by atoms with van der Waals surface area (Å²) in [5.74, 6) is -1.31. The molecule has 7 nitrogen and oxygen atoms in total. The third kappa shape index (κ3) is 7.85. The second-order valence-electron chi connectivity index (χ2n) is 6.52. The van der Waals surface area contributed by atoms with Crippen LogP contribution in [0.3, 0.4) is 0 Å². The molecule has 1 aliphatic rings. The second kappa shape index (κ2) is 8.00. The highest BCUT2D eigenvalue weighted by Gasteiger charge is 2.29. The standard InChI is InChI=1S/C15H25NO6/c1-15(2,3)22-14(20)16-10-7-8-11(9-10)21-13(19)6-4-5-12(17)18/h10-11H,4-9H2,1-3H3,(H,16,20)(H,17,18)/t10?,11-/m1/s1. The van der Waals surface area contributed by atoms with Gasteiger partial charge in [0, 0.05) is 25.3 Å². The van der Waals surface area contributed by atoms with E-state index in [1.165, 1.54) is 0 Å². The fourth-order valence-electron chi connectivity index (χ4n) is 2.28. The first-order valence-corrected chi connectivity index (χ1v) is 7.56. The number of hydrogen-bond acceptors (Lipinski definition) is 5. The quantitative estimate of drug-likeness (QED) is 0.729. The Bertz CT molecular complexity index is 415. The van der Waals surface area contributed by atoms with Crippen LogP contribution in [-0.4, -0.2) is 40.9 Å². The second-order valence-corrected chi connectivity index (χ2v) is 6.52. The molecule has 0 spiro atoms. The molecule has 0 saturated heterocycles. The Morgan fingerprint density at radius 2 is 1.86 bits per heavy atom. The highest BCUT2D eigenvalue weighted by Crippen LogP contribution is 2.23. The summed E-state index contributed by atoms with van der Waals surface area (Å²) in [6.07, 6.45) is 1.63. The van der Waals surface area contributed by atoms with Crippen LogP contribution in [-0.2, 0) is 19.1 Å². The Kier molecular flexibility index (Phi) is 6.64. The van der Waals surface area contributed by atoms with Crippen molar-refractivity contribution in [2.75, 3.05) is 0 Å². The molecule has 1 amide bonds. The lowest BCUT2D eigenvalue weighted by molar-refractivity contribution is -0.149. The summed E-state index contributed by atoms with van der Waals surface area (Å²) in [7, 11) is 0. The number of esters is 1. The van der Waals surface area contributed by atoms with E-state index in [1.807, 2.05) is 0 Å². The van der Waals surface area contributed by atoms with Gasteiger partial charge in [-0.05, 0) is 40.0 Å². The molecule has 7 heteroatoms. The van der Waals surface area contributed by atoms with Crippen molar-refractivity contribution in [2.24, 2.45) is 0 Å². The van der Waals surface area contributed by atoms with E-state index in [0.717, 1.165) is 6.42 Å². The third-order valence-corrected chi connectivity index (χ3v) is 3.18. The molecule has 1 aliphatic carbocycles. The number of aliphatic carboxylic acids is 1. The summed E-state index contributed by atoms with van der Waals surface area (Å²) in [6.45, 7) is 5.38. The number of rotatable bonds is 6. The fraction of sp³-hybridized carbons (Fsp3) is 0.800. The largest absolute Gasteiger partial charge is 0.481 e. The lowest BCUT2D eigenvalue weighted by Gasteiger charge is -2.21. The zero-order valence-electron chi connectivity index (χ0n) is 13.4. The molecule has 0 aromatic heterocycles. The van der Waals surface area contributed by atoms with E-state index < -0.39 is 17.7 Å². The summed E-state index contributed by atoms with van der Waals surface area (Å²) in [6, 6.07) is -0.0633. The van der Waals surface area contributed by atoms with Gasteiger partial charge in [-0.3, -0.25) is 9.59 Å². The fourth-order valence-corrected chi connectivity index (χ4v) is 2.28. The van der Waals surface area contributed by atoms with Gasteiger partial charge in [0.25, 0.3) is 0 Å². The molecule has 22 heavy (non-hydrogen) atoms. The first kappa shape index (κ1) is 18.3. The van der Waals surface area contributed by atoms with Gasteiger partial charge in [-0.1, -0.05) is 0 Å². The lowest BCUT2D eigenvalue weighted by atomic mass is 10.2. The maximum Gasteiger partial charge on any atom is 0.407 e. The van der Waals surface area contributed by atoms with Crippen molar-refractivity contribution in [1.29, 1.82) is 0 Å². The smallest absolute Gasteiger partial charge is 0.407 e. The predicted molar refractivity (Wildman–Crippen MR) is 78.4 cm³/mol. The highest BCUT2D eigenvalue weighted by molar-refractivity contribution is 5.71. The van der Waals surface area contributed by atoms with Crippen LogP contribution in [0.4, 0.5) is 4.79 Å². The normalized spacial score (nSPS) is 21.2. The van der Waals surface area contributed by atoms with Crippen LogP contribution in [0.25, 0.3) is 0 Å². The first-order valence-electron chi connectivity index (χ1n) is 7.56. The molecule has 1 fully saturated rings. The Morgan fingerprint density at radius 1 is 1.18 bits per heavy atom. The summed E-state index contributed by atoms with van der Waals surface area (Å²) in [4.78, 5) is 33.6. The number of carbonyl (C=O) groups excluding carboxylic acids is 2. The molecule has 2 N–H and O–H groups in total. The maximum atomic E-state index is 11.7. The van der Waals surface area contributed by atoms with E-state index in [9.17, 15) is 14.4 Å². The molecule has 2 atom stereocenters. The van der Waals surface area contributed by atoms with Crippen molar-refractivity contribution in [3.8, 4) is 0 Å². The van der Waals surface area contributed by atoms with Crippen molar-refractivity contribution in [2.45, 2.75) is 77.0 Å². The van der Waals surface area contributed by atoms with Crippen molar-refractivity contribution >= 4 is 18.0 Å². The molecule has 0 heterocycles. The minimum atomic E-state index is -0.921. The van der Waals surface area contributed by atoms with Crippen LogP contribution in [0.5, 0.6) is 0 Å². The molecule has 1 saturated carbocycles. The maximum absolute atomic E-state index is 11.7. The number of hydrogen-bond donors (Lipinski definition) is 2. The molecule has 0 aromatic rings. The van der Waals surface area contributed by atoms with Gasteiger partial charge < -0.3 is 19.9 Å². The zero-order chi connectivity index (χ0) is 16.8. The number of alkyl carbamates (subject to hydrolysis) is 1. The van der Waals surface area contributed by atoms with Crippen molar-refractivity contribution in [1.82, 2.24) is 5.32 Å². The number of carboxylic acids is 1. The monoisotopic (exact) mass is 315 g/mol. The molecule has 1 unspecified atom stereocenters. The van der Waals surface area contributed by atoms with Crippen molar-refractivity contribution in [3.05, 3.63) is 0 Å². The van der Waals surface area contributed by atoms with E-state index in [2.05, 4.69) is 5.32 Å². The summed E-state index contributed by atoms with van der Waals surface area (Å²) in [5, 5.41) is 11.3. The predicted octanol–water partition coefficient (Wildman–Crippen LogP) is 2.23. The minimum absolute atomic E-state index is 0.0391. The first-order chi connectivity index (χ1) is 10.2. The molecule has 0 aliphatic heterocycles. The Morgan fingerprint density at radius 3 is 2.45 bits per heavy atom. The average molecular weight is 315 g/mol. The van der Waals surface area contributed by atoms with Gasteiger partial charge in [-0.25, -0.2) is 4.79 Å². The SMILES string of the molecule is CC(C)(C)OC(=O)NC1CC[C@@H](OC(=O)CCCC(=O)O)C1. The van der Waals surface area contributed by atoms with Gasteiger partial charge in [0.05, 0.1) is 0 Å². The van der Waals surface area contributed by atoms with E-state index in [0.29, 0.717) is 12.8 Å². The van der Waals surface area contributed by atoms with Gasteiger partial charge in [-0.2, -0.15) is 0 Å². The van der Waals surface area contributed by atoms with Gasteiger partial charge in [-0.15, -0.1) is 0 Å². The topological polar surface area (TPSA) is 102 Å². The number of carboxylic acid groups (broad SMARTS) is 1. The zero-order valence-corrected chi connectivity index (χ0v) is 13.4. The van der Waals surface area contributed by atoms with Crippen LogP contribution >= 0.6 is 0 Å². The van der Waals surface area contributed by atoms with E-state index >= 15 is 0 Å². The number of carbonyl (C=O) groups is 3. The summed E-state index contributed by atoms with van der Waals surface area (Å²) < 4.78 is 10.5. The highest BCUT2D eigenvalue weighted by atomic mass is 16.6. The van der Waals surface area contributed by atoms with Crippen LogP contribution in [0.1, 0.15) is 59.3 Å². The van der Waals surface area contributed by atoms with Crippen LogP contribution in [0, 0.1) is 0 Å². The molecular weight excluding hydrogens is 290 g/mol. The third-order valence-electron chi connectivity index (χ3n) is 3.18. The molecule has 126 valence electrons. The summed E-state index contributed by atoms with van der Waals surface area (Å²) >= 11 is 0. The van der Waals surface area contributed by atoms with E-state index in [-0.39, 0.29) is 37.4 Å². The Hall–Kier alpha value is -1.79. The van der Waals surface area contributed by atoms with Crippen LogP contribution in [0.2, 0.25) is 0 Å². The molecule has 1 rings (SSSR count). The molecule has 0 radical (unpaired) electrons. The summed E-state index contributed by atoms with van der Waals surface area (Å²) in [5.41, 5.74) is -0.543. The molecule has 0 bridgehead atoms. The lowest BCUT2D eigenvalue weighted by Crippen LogP contribution is -2.38. The van der Waals surface area contributed by atoms with Gasteiger partial charge in [0.15, 0.2) is 0 Å². The molecular formula is C15H25NO6. The van der Waals surface area contributed by atoms with Gasteiger partial charge in [0.1, 0.15) is 11.7 Å². The number of amides is 1. The molecule has 0 aromatic carbocycles. The average Bonchev–Trinajstić information content (AvgIpc) is 2.72. The van der Waals surface area contributed by atoms with E-state index in [4.69, 9.17) is 14.6 Å². The minimum Gasteiger partial charge on any atom is -0.481 e. The number of nitrogens with one attached hydrogen (secondary N) is 1. The number of ether oxygens (including phenoxy) is 2. The van der Waals surface area contributed by atoms with Gasteiger partial charge in [0.2, 0.25) is 0 Å². The Labute approximate surface area is 130 Å². The van der Waals surface area contributed by atoms with Crippen molar-refractivity contribution in [3.63, 3.8) is 0 Å². The van der Waals surface area contributed by atoms with Crippen molar-refractivity contribution < 1.29 is 29.0 Å². The Balaban J connectivity index is 2.24.